The van der Waals surface area contributed by atoms with Gasteiger partial charge in [-0.3, -0.25) is 24.7 Å². The summed E-state index contributed by atoms with van der Waals surface area (Å²) in [6, 6.07) is 2.37. The molecule has 0 bridgehead atoms. The summed E-state index contributed by atoms with van der Waals surface area (Å²) in [6.45, 7) is 9.99. The molecule has 2 aromatic heterocycles. The monoisotopic (exact) mass is 653 g/mol. The molecule has 3 aromatic rings. The second kappa shape index (κ2) is 14.2. The van der Waals surface area contributed by atoms with Crippen LogP contribution in [-0.4, -0.2) is 78.9 Å². The molecule has 17 nitrogen and oxygen atoms in total. The van der Waals surface area contributed by atoms with Crippen LogP contribution in [0.5, 0.6) is 0 Å². The van der Waals surface area contributed by atoms with E-state index in [0.717, 1.165) is 6.07 Å². The van der Waals surface area contributed by atoms with Gasteiger partial charge in [-0.05, 0) is 53.7 Å². The Hall–Kier alpha value is -5.61. The lowest BCUT2D eigenvalue weighted by Gasteiger charge is -2.26. The Morgan fingerprint density at radius 2 is 1.77 bits per heavy atom. The molecule has 1 aromatic carbocycles. The quantitative estimate of drug-likeness (QED) is 0.101. The average Bonchev–Trinajstić information content (AvgIpc) is 2.93. The first kappa shape index (κ1) is 35.9. The van der Waals surface area contributed by atoms with Gasteiger partial charge in [-0.25, -0.2) is 19.6 Å². The van der Waals surface area contributed by atoms with Crippen molar-refractivity contribution in [2.75, 3.05) is 25.1 Å². The van der Waals surface area contributed by atoms with Crippen LogP contribution in [0.15, 0.2) is 41.0 Å². The number of H-pyrrole nitrogens is 1. The number of aromatic nitrogens is 4. The van der Waals surface area contributed by atoms with Gasteiger partial charge < -0.3 is 30.7 Å². The zero-order valence-electron chi connectivity index (χ0n) is 27.5. The molecule has 0 saturated heterocycles. The molecule has 0 saturated carbocycles. The molecule has 17 heteroatoms. The van der Waals surface area contributed by atoms with Crippen LogP contribution in [0.25, 0.3) is 11.2 Å². The van der Waals surface area contributed by atoms with Crippen molar-refractivity contribution in [1.29, 1.82) is 0 Å². The maximum Gasteiger partial charge on any atom is 0.336 e. The molecule has 0 aliphatic heterocycles. The first-order chi connectivity index (χ1) is 21.7. The zero-order chi connectivity index (χ0) is 35.3. The van der Waals surface area contributed by atoms with Gasteiger partial charge in [0, 0.05) is 38.5 Å². The number of anilines is 2. The van der Waals surface area contributed by atoms with Crippen molar-refractivity contribution in [1.82, 2.24) is 30.2 Å². The number of nitro benzene ring substituents is 1. The molecule has 1 amide bonds. The Morgan fingerprint density at radius 1 is 1.11 bits per heavy atom. The lowest BCUT2D eigenvalue weighted by molar-refractivity contribution is -0.385. The summed E-state index contributed by atoms with van der Waals surface area (Å²) in [5, 5.41) is 17.5. The van der Waals surface area contributed by atoms with E-state index in [1.807, 2.05) is 0 Å². The molecule has 2 heterocycles. The Labute approximate surface area is 270 Å². The van der Waals surface area contributed by atoms with Gasteiger partial charge in [-0.1, -0.05) is 0 Å². The summed E-state index contributed by atoms with van der Waals surface area (Å²) in [5.74, 6) is -2.62. The van der Waals surface area contributed by atoms with E-state index in [2.05, 4.69) is 30.6 Å². The van der Waals surface area contributed by atoms with Crippen molar-refractivity contribution in [2.45, 2.75) is 71.8 Å². The highest BCUT2D eigenvalue weighted by Crippen LogP contribution is 2.25. The maximum absolute atomic E-state index is 13.5. The molecule has 0 spiro atoms. The lowest BCUT2D eigenvalue weighted by Crippen LogP contribution is -2.45. The summed E-state index contributed by atoms with van der Waals surface area (Å²) >= 11 is 0. The van der Waals surface area contributed by atoms with Gasteiger partial charge >= 0.3 is 11.9 Å². The van der Waals surface area contributed by atoms with Gasteiger partial charge in [-0.2, -0.15) is 4.98 Å². The summed E-state index contributed by atoms with van der Waals surface area (Å²) in [6.07, 6.45) is 2.51. The van der Waals surface area contributed by atoms with Crippen molar-refractivity contribution >= 4 is 46.3 Å². The number of hydrogen-bond donors (Lipinski definition) is 4. The topological polar surface area (TPSA) is 238 Å². The molecule has 47 heavy (non-hydrogen) atoms. The van der Waals surface area contributed by atoms with Crippen molar-refractivity contribution in [3.05, 3.63) is 67.9 Å². The van der Waals surface area contributed by atoms with E-state index < -0.39 is 51.3 Å². The number of aromatic amines is 1. The molecule has 1 atom stereocenters. The molecule has 0 aliphatic rings. The fraction of sp³-hybridized carbons (Fsp3) is 0.433. The summed E-state index contributed by atoms with van der Waals surface area (Å²) in [5.41, 5.74) is 2.93. The van der Waals surface area contributed by atoms with Crippen molar-refractivity contribution in [3.63, 3.8) is 0 Å². The van der Waals surface area contributed by atoms with Gasteiger partial charge in [0.1, 0.15) is 22.8 Å². The number of fused-ring (bicyclic) bond motifs is 1. The number of nitrogens with two attached hydrogens (primary N) is 1. The van der Waals surface area contributed by atoms with E-state index in [0.29, 0.717) is 5.69 Å². The molecule has 5 N–H and O–H groups in total. The first-order valence-corrected chi connectivity index (χ1v) is 14.4. The molecule has 1 unspecified atom stereocenters. The average molecular weight is 654 g/mol. The molecular formula is C30H39N9O8. The number of nitrogens with zero attached hydrogens (tertiary/aromatic N) is 5. The Balaban J connectivity index is 1.88. The van der Waals surface area contributed by atoms with Crippen molar-refractivity contribution in [3.8, 4) is 0 Å². The third kappa shape index (κ3) is 10.5. The number of nitro groups is 1. The third-order valence-electron chi connectivity index (χ3n) is 5.89. The van der Waals surface area contributed by atoms with Crippen LogP contribution in [0, 0.1) is 10.1 Å². The second-order valence-corrected chi connectivity index (χ2v) is 12.7. The largest absolute Gasteiger partial charge is 0.458 e. The van der Waals surface area contributed by atoms with Crippen LogP contribution in [0.3, 0.4) is 0 Å². The Kier molecular flexibility index (Phi) is 10.8. The van der Waals surface area contributed by atoms with Gasteiger partial charge in [-0.15, -0.1) is 0 Å². The minimum Gasteiger partial charge on any atom is -0.458 e. The Bertz CT molecular complexity index is 1770. The highest BCUT2D eigenvalue weighted by molar-refractivity contribution is 6.01. The van der Waals surface area contributed by atoms with Gasteiger partial charge in [0.15, 0.2) is 11.2 Å². The van der Waals surface area contributed by atoms with Gasteiger partial charge in [0.05, 0.1) is 28.9 Å². The summed E-state index contributed by atoms with van der Waals surface area (Å²) in [7, 11) is 3.34. The molecular weight excluding hydrogens is 614 g/mol. The highest BCUT2D eigenvalue weighted by Gasteiger charge is 2.33. The smallest absolute Gasteiger partial charge is 0.336 e. The molecule has 0 aliphatic carbocycles. The van der Waals surface area contributed by atoms with E-state index >= 15 is 0 Å². The number of carbonyl (C=O) groups is 3. The molecule has 0 radical (unpaired) electrons. The van der Waals surface area contributed by atoms with Crippen molar-refractivity contribution in [2.24, 2.45) is 0 Å². The third-order valence-corrected chi connectivity index (χ3v) is 5.89. The number of ether oxygens (including phenoxy) is 2. The summed E-state index contributed by atoms with van der Waals surface area (Å²) < 4.78 is 11.0. The predicted octanol–water partition coefficient (Wildman–Crippen LogP) is 2.43. The van der Waals surface area contributed by atoms with Crippen LogP contribution >= 0.6 is 0 Å². The van der Waals surface area contributed by atoms with Crippen molar-refractivity contribution < 1.29 is 28.8 Å². The normalized spacial score (nSPS) is 12.6. The molecule has 252 valence electrons. The van der Waals surface area contributed by atoms with Gasteiger partial charge in [0.25, 0.3) is 17.2 Å². The fourth-order valence-corrected chi connectivity index (χ4v) is 4.10. The lowest BCUT2D eigenvalue weighted by atomic mass is 10.0. The SMILES string of the molecule is CN(C)C=C(CC(NC(=O)c1ccc(NCc2cnc3nc(N)[nH]c(=O)c3n2)cc1[N+](=O)[O-])C(=O)OC(C)(C)C)C(=O)OC(C)(C)C. The highest BCUT2D eigenvalue weighted by atomic mass is 16.6. The number of rotatable bonds is 11. The minimum absolute atomic E-state index is 0.0157. The van der Waals surface area contributed by atoms with Crippen LogP contribution in [0.1, 0.15) is 64.0 Å². The number of nitrogen functional groups attached to an aromatic ring is 1. The van der Waals surface area contributed by atoms with E-state index in [4.69, 9.17) is 15.2 Å². The van der Waals surface area contributed by atoms with E-state index in [1.54, 1.807) is 60.5 Å². The first-order valence-electron chi connectivity index (χ1n) is 14.4. The number of hydrogen-bond acceptors (Lipinski definition) is 14. The number of benzene rings is 1. The van der Waals surface area contributed by atoms with Gasteiger partial charge in [0.2, 0.25) is 5.95 Å². The van der Waals surface area contributed by atoms with Crippen LogP contribution in [-0.2, 0) is 25.6 Å². The molecule has 3 rings (SSSR count). The van der Waals surface area contributed by atoms with Crippen LogP contribution in [0.2, 0.25) is 0 Å². The Morgan fingerprint density at radius 3 is 2.36 bits per heavy atom. The minimum atomic E-state index is -1.41. The summed E-state index contributed by atoms with van der Waals surface area (Å²) in [4.78, 5) is 79.3. The van der Waals surface area contributed by atoms with E-state index in [1.165, 1.54) is 24.5 Å². The standard InChI is InChI=1S/C30H39N9O8/c1-29(2,3)46-26(42)16(15-38(7)8)11-20(27(43)47-30(4,5)6)35-24(40)19-10-9-17(12-21(19)39(44)45)32-13-18-14-33-23-22(34-18)25(41)37-28(31)36-23/h9-10,12,14-15,20,32H,11,13H2,1-8H3,(H,35,40)(H3,31,33,36,37,41). The van der Waals surface area contributed by atoms with E-state index in [-0.39, 0.29) is 46.9 Å². The fourth-order valence-electron chi connectivity index (χ4n) is 4.10. The zero-order valence-corrected chi connectivity index (χ0v) is 27.5. The maximum atomic E-state index is 13.5. The van der Waals surface area contributed by atoms with E-state index in [9.17, 15) is 29.3 Å². The van der Waals surface area contributed by atoms with Crippen LogP contribution < -0.4 is 21.9 Å². The number of amides is 1. The second-order valence-electron chi connectivity index (χ2n) is 12.7. The molecule has 0 fully saturated rings. The number of esters is 2. The number of nitrogens with one attached hydrogen (secondary N) is 3. The van der Waals surface area contributed by atoms with Crippen LogP contribution in [0.4, 0.5) is 17.3 Å². The number of carbonyl (C=O) groups excluding carboxylic acids is 3. The predicted molar refractivity (Wildman–Crippen MR) is 172 cm³/mol.